The fraction of sp³-hybridized carbons (Fsp3) is 0.250. The highest BCUT2D eigenvalue weighted by molar-refractivity contribution is 5.49. The van der Waals surface area contributed by atoms with E-state index in [1.807, 2.05) is 72.8 Å². The Morgan fingerprint density at radius 2 is 1.36 bits per heavy atom. The molecule has 1 heterocycles. The molecule has 0 amide bonds. The summed E-state index contributed by atoms with van der Waals surface area (Å²) >= 11 is 0. The van der Waals surface area contributed by atoms with E-state index in [0.29, 0.717) is 24.8 Å². The van der Waals surface area contributed by atoms with Crippen LogP contribution in [0.25, 0.3) is 6.08 Å². The Kier molecular flexibility index (Phi) is 6.43. The number of rotatable bonds is 7. The molecule has 0 N–H and O–H groups in total. The van der Waals surface area contributed by atoms with E-state index >= 15 is 0 Å². The summed E-state index contributed by atoms with van der Waals surface area (Å²) in [5, 5.41) is 8.53. The van der Waals surface area contributed by atoms with Gasteiger partial charge in [-0.25, -0.2) is 0 Å². The Hall–Kier alpha value is -3.14. The fourth-order valence-electron chi connectivity index (χ4n) is 2.46. The van der Waals surface area contributed by atoms with Gasteiger partial charge in [-0.2, -0.15) is 0 Å². The quantitative estimate of drug-likeness (QED) is 0.532. The summed E-state index contributed by atoms with van der Waals surface area (Å²) in [7, 11) is 0. The largest absolute Gasteiger partial charge is 0.483 e. The third-order valence-corrected chi connectivity index (χ3v) is 3.96. The Bertz CT molecular complexity index is 901. The molecule has 0 spiro atoms. The van der Waals surface area contributed by atoms with E-state index in [0.717, 1.165) is 16.8 Å². The maximum atomic E-state index is 6.02. The van der Waals surface area contributed by atoms with Crippen LogP contribution in [0.3, 0.4) is 0 Å². The Morgan fingerprint density at radius 1 is 0.786 bits per heavy atom. The van der Waals surface area contributed by atoms with Crippen LogP contribution in [0.1, 0.15) is 37.6 Å². The lowest BCUT2D eigenvalue weighted by molar-refractivity contribution is 0.244. The van der Waals surface area contributed by atoms with Gasteiger partial charge in [-0.05, 0) is 22.6 Å². The van der Waals surface area contributed by atoms with Crippen molar-refractivity contribution in [1.82, 2.24) is 10.2 Å². The van der Waals surface area contributed by atoms with Crippen molar-refractivity contribution in [2.45, 2.75) is 34.0 Å². The monoisotopic (exact) mass is 374 g/mol. The zero-order chi connectivity index (χ0) is 19.8. The van der Waals surface area contributed by atoms with Crippen LogP contribution in [0.15, 0.2) is 72.8 Å². The number of ether oxygens (including phenoxy) is 2. The molecule has 0 aliphatic carbocycles. The van der Waals surface area contributed by atoms with E-state index < -0.39 is 0 Å². The molecule has 0 saturated carbocycles. The van der Waals surface area contributed by atoms with E-state index in [9.17, 15) is 0 Å². The minimum Gasteiger partial charge on any atom is -0.483 e. The summed E-state index contributed by atoms with van der Waals surface area (Å²) < 4.78 is 11.9. The summed E-state index contributed by atoms with van der Waals surface area (Å²) in [6.07, 6.45) is 4.06. The average Bonchev–Trinajstić information content (AvgIpc) is 2.71. The summed E-state index contributed by atoms with van der Waals surface area (Å²) in [5.74, 6) is 0.982. The smallest absolute Gasteiger partial charge is 0.276 e. The van der Waals surface area contributed by atoms with Gasteiger partial charge >= 0.3 is 0 Å². The van der Waals surface area contributed by atoms with Gasteiger partial charge in [0.05, 0.1) is 5.69 Å². The molecule has 4 nitrogen and oxygen atoms in total. The summed E-state index contributed by atoms with van der Waals surface area (Å²) in [6.45, 7) is 7.27. The lowest BCUT2D eigenvalue weighted by Gasteiger charge is -2.13. The standard InChI is InChI=1S/C24H26N2O2/c1-24(2,3)15-14-21-16-22(27-17-19-10-6-4-7-11-19)23(26-25-21)28-18-20-12-8-5-9-13-20/h4-16H,17-18H2,1-3H3/b15-14+. The van der Waals surface area contributed by atoms with Crippen molar-refractivity contribution in [3.05, 3.63) is 89.6 Å². The summed E-state index contributed by atoms with van der Waals surface area (Å²) in [5.41, 5.74) is 2.95. The van der Waals surface area contributed by atoms with E-state index in [1.54, 1.807) is 0 Å². The van der Waals surface area contributed by atoms with Crippen LogP contribution < -0.4 is 9.47 Å². The first-order valence-electron chi connectivity index (χ1n) is 9.40. The van der Waals surface area contributed by atoms with Crippen molar-refractivity contribution >= 4 is 6.08 Å². The molecule has 3 rings (SSSR count). The molecule has 0 saturated heterocycles. The second-order valence-electron chi connectivity index (χ2n) is 7.69. The predicted molar refractivity (Wildman–Crippen MR) is 112 cm³/mol. The predicted octanol–water partition coefficient (Wildman–Crippen LogP) is 5.69. The number of aromatic nitrogens is 2. The van der Waals surface area contributed by atoms with Crippen molar-refractivity contribution < 1.29 is 9.47 Å². The number of hydrogen-bond donors (Lipinski definition) is 0. The molecule has 0 unspecified atom stereocenters. The van der Waals surface area contributed by atoms with Gasteiger partial charge in [0.1, 0.15) is 13.2 Å². The highest BCUT2D eigenvalue weighted by Crippen LogP contribution is 2.27. The first kappa shape index (κ1) is 19.6. The number of allylic oxidation sites excluding steroid dienone is 1. The van der Waals surface area contributed by atoms with Crippen molar-refractivity contribution in [1.29, 1.82) is 0 Å². The van der Waals surface area contributed by atoms with Gasteiger partial charge in [0.25, 0.3) is 5.88 Å². The van der Waals surface area contributed by atoms with Gasteiger partial charge < -0.3 is 9.47 Å². The molecule has 0 fully saturated rings. The zero-order valence-corrected chi connectivity index (χ0v) is 16.6. The molecule has 1 aromatic heterocycles. The van der Waals surface area contributed by atoms with Crippen LogP contribution in [0, 0.1) is 5.41 Å². The molecule has 0 atom stereocenters. The van der Waals surface area contributed by atoms with Crippen LogP contribution in [0.2, 0.25) is 0 Å². The van der Waals surface area contributed by atoms with Crippen LogP contribution in [-0.2, 0) is 13.2 Å². The van der Waals surface area contributed by atoms with Crippen molar-refractivity contribution in [3.8, 4) is 11.6 Å². The highest BCUT2D eigenvalue weighted by Gasteiger charge is 2.11. The SMILES string of the molecule is CC(C)(C)/C=C/c1cc(OCc2ccccc2)c(OCc2ccccc2)nn1. The number of nitrogens with zero attached hydrogens (tertiary/aromatic N) is 2. The topological polar surface area (TPSA) is 44.2 Å². The molecular weight excluding hydrogens is 348 g/mol. The van der Waals surface area contributed by atoms with Crippen LogP contribution in [0.5, 0.6) is 11.6 Å². The van der Waals surface area contributed by atoms with Gasteiger partial charge in [0, 0.05) is 6.07 Å². The summed E-state index contributed by atoms with van der Waals surface area (Å²) in [4.78, 5) is 0. The molecule has 3 aromatic rings. The maximum absolute atomic E-state index is 6.02. The molecule has 2 aromatic carbocycles. The van der Waals surface area contributed by atoms with Crippen LogP contribution >= 0.6 is 0 Å². The lowest BCUT2D eigenvalue weighted by atomic mass is 9.96. The van der Waals surface area contributed by atoms with Crippen LogP contribution in [0.4, 0.5) is 0 Å². The first-order valence-corrected chi connectivity index (χ1v) is 9.40. The van der Waals surface area contributed by atoms with Crippen molar-refractivity contribution in [3.63, 3.8) is 0 Å². The van der Waals surface area contributed by atoms with Gasteiger partial charge in [-0.3, -0.25) is 0 Å². The number of benzene rings is 2. The third-order valence-electron chi connectivity index (χ3n) is 3.96. The minimum absolute atomic E-state index is 0.0647. The van der Waals surface area contributed by atoms with Crippen molar-refractivity contribution in [2.24, 2.45) is 5.41 Å². The van der Waals surface area contributed by atoms with Gasteiger partial charge in [0.2, 0.25) is 0 Å². The second-order valence-corrected chi connectivity index (χ2v) is 7.69. The molecule has 4 heteroatoms. The van der Waals surface area contributed by atoms with Gasteiger partial charge in [-0.1, -0.05) is 87.5 Å². The average molecular weight is 374 g/mol. The first-order chi connectivity index (χ1) is 13.5. The third kappa shape index (κ3) is 6.23. The molecule has 28 heavy (non-hydrogen) atoms. The molecule has 0 aliphatic rings. The maximum Gasteiger partial charge on any atom is 0.276 e. The molecule has 0 bridgehead atoms. The molecule has 0 aliphatic heterocycles. The molecular formula is C24H26N2O2. The Labute approximate surface area is 166 Å². The zero-order valence-electron chi connectivity index (χ0n) is 16.6. The summed E-state index contributed by atoms with van der Waals surface area (Å²) in [6, 6.07) is 21.9. The number of hydrogen-bond acceptors (Lipinski definition) is 4. The van der Waals surface area contributed by atoms with E-state index in [-0.39, 0.29) is 5.41 Å². The van der Waals surface area contributed by atoms with E-state index in [2.05, 4.69) is 37.0 Å². The van der Waals surface area contributed by atoms with Crippen LogP contribution in [-0.4, -0.2) is 10.2 Å². The van der Waals surface area contributed by atoms with E-state index in [4.69, 9.17) is 9.47 Å². The molecule has 144 valence electrons. The molecule has 0 radical (unpaired) electrons. The van der Waals surface area contributed by atoms with Gasteiger partial charge in [0.15, 0.2) is 5.75 Å². The lowest BCUT2D eigenvalue weighted by Crippen LogP contribution is -2.04. The Balaban J connectivity index is 1.79. The normalized spacial score (nSPS) is 11.5. The second kappa shape index (κ2) is 9.18. The van der Waals surface area contributed by atoms with Crippen molar-refractivity contribution in [2.75, 3.05) is 0 Å². The van der Waals surface area contributed by atoms with E-state index in [1.165, 1.54) is 0 Å². The minimum atomic E-state index is 0.0647. The fourth-order valence-corrected chi connectivity index (χ4v) is 2.46. The highest BCUT2D eigenvalue weighted by atomic mass is 16.5. The Morgan fingerprint density at radius 3 is 1.93 bits per heavy atom. The van der Waals surface area contributed by atoms with Gasteiger partial charge in [-0.15, -0.1) is 10.2 Å².